The molecule has 0 spiro atoms. The third-order valence-corrected chi connectivity index (χ3v) is 6.28. The van der Waals surface area contributed by atoms with Gasteiger partial charge in [-0.05, 0) is 77.4 Å². The zero-order valence-corrected chi connectivity index (χ0v) is 30.3. The molecule has 0 aliphatic heterocycles. The monoisotopic (exact) mass is 699 g/mol. The molecule has 0 amide bonds. The molecule has 3 atom stereocenters. The second-order valence-corrected chi connectivity index (χ2v) is 10.3. The van der Waals surface area contributed by atoms with Gasteiger partial charge in [-0.1, -0.05) is 59.3 Å². The number of unbranched alkanes of at least 4 members (excludes halogenated alkanes) is 6. The first-order chi connectivity index (χ1) is 21.2. The molecular weight excluding hydrogens is 648 g/mol. The molecule has 47 heavy (non-hydrogen) atoms. The van der Waals surface area contributed by atoms with Gasteiger partial charge in [-0.2, -0.15) is 0 Å². The average Bonchev–Trinajstić information content (AvgIpc) is 2.95. The van der Waals surface area contributed by atoms with E-state index in [0.29, 0.717) is 19.6 Å². The number of carboxylic acids is 6. The van der Waals surface area contributed by atoms with Gasteiger partial charge in [0.05, 0.1) is 17.9 Å². The molecule has 0 fully saturated rings. The largest absolute Gasteiger partial charge is 3.00 e. The van der Waals surface area contributed by atoms with Crippen LogP contribution in [0.4, 0.5) is 0 Å². The van der Waals surface area contributed by atoms with Crippen LogP contribution in [0.25, 0.3) is 0 Å². The van der Waals surface area contributed by atoms with Gasteiger partial charge in [-0.3, -0.25) is 0 Å². The maximum Gasteiger partial charge on any atom is 3.00 e. The Labute approximate surface area is 299 Å². The molecule has 0 aromatic carbocycles. The van der Waals surface area contributed by atoms with Gasteiger partial charge in [0.1, 0.15) is 0 Å². The molecule has 0 aromatic heterocycles. The van der Waals surface area contributed by atoms with E-state index in [1.165, 1.54) is 0 Å². The van der Waals surface area contributed by atoms with E-state index in [0.717, 1.165) is 57.8 Å². The first kappa shape index (κ1) is 54.2. The van der Waals surface area contributed by atoms with E-state index in [-0.39, 0.29) is 73.2 Å². The fraction of sp³-hybridized carbons (Fsp3) is 0.800. The van der Waals surface area contributed by atoms with Gasteiger partial charge in [-0.25, -0.2) is 0 Å². The number of carbonyl (C=O) groups is 6. The predicted molar refractivity (Wildman–Crippen MR) is 163 cm³/mol. The quantitative estimate of drug-likeness (QED) is 0.0533. The van der Waals surface area contributed by atoms with Crippen molar-refractivity contribution >= 4 is 70.5 Å². The number of carboxylic acid groups (broad SMARTS) is 6. The second-order valence-electron chi connectivity index (χ2n) is 10.3. The summed E-state index contributed by atoms with van der Waals surface area (Å²) in [5, 5.41) is 70.5. The summed E-state index contributed by atoms with van der Waals surface area (Å²) in [4.78, 5) is 62.2. The summed E-state index contributed by atoms with van der Waals surface area (Å²) in [5.41, 5.74) is 0. The van der Waals surface area contributed by atoms with Gasteiger partial charge in [0.25, 0.3) is 0 Å². The van der Waals surface area contributed by atoms with Crippen LogP contribution >= 0.6 is 0 Å². The van der Waals surface area contributed by atoms with E-state index in [1.807, 2.05) is 20.8 Å². The van der Waals surface area contributed by atoms with Crippen molar-refractivity contribution in [1.29, 1.82) is 0 Å². The SMILES string of the molecule is CCCCCN[C@@H](CCC(=O)[O-])C(=O)[O-].CCCCCN[C@@H](CCC(=O)[O-])C(=O)[O-].CCCCCN[C@@H](CCC(=O)[O-])C(=O)[O-].[Al+3].[Al+3]. The van der Waals surface area contributed by atoms with Crippen LogP contribution in [0.3, 0.4) is 0 Å². The van der Waals surface area contributed by atoms with Crippen molar-refractivity contribution < 1.29 is 59.4 Å². The zero-order chi connectivity index (χ0) is 35.0. The van der Waals surface area contributed by atoms with Crippen molar-refractivity contribution in [2.75, 3.05) is 19.6 Å². The Morgan fingerprint density at radius 2 is 0.638 bits per heavy atom. The first-order valence-electron chi connectivity index (χ1n) is 15.6. The maximum atomic E-state index is 10.6. The standard InChI is InChI=1S/3C10H19NO4.2Al/c3*1-2-3-4-7-11-8(10(14)15)5-6-9(12)13;;/h3*8,11H,2-7H2,1H3,(H,12,13)(H,14,15);;/q;;;2*+3/p-6/t3*8-;;/m000../s1. The average molecular weight is 700 g/mol. The van der Waals surface area contributed by atoms with Gasteiger partial charge in [0, 0.05) is 36.0 Å². The van der Waals surface area contributed by atoms with Gasteiger partial charge in [0.2, 0.25) is 0 Å². The number of carbonyl (C=O) groups excluding carboxylic acids is 6. The zero-order valence-electron chi connectivity index (χ0n) is 28.0. The van der Waals surface area contributed by atoms with E-state index in [9.17, 15) is 59.4 Å². The van der Waals surface area contributed by atoms with Crippen LogP contribution in [0.15, 0.2) is 0 Å². The Morgan fingerprint density at radius 3 is 0.787 bits per heavy atom. The van der Waals surface area contributed by atoms with Crippen molar-refractivity contribution in [1.82, 2.24) is 16.0 Å². The van der Waals surface area contributed by atoms with Crippen LogP contribution in [0.5, 0.6) is 0 Å². The van der Waals surface area contributed by atoms with Crippen LogP contribution < -0.4 is 46.6 Å². The molecule has 0 saturated carbocycles. The molecule has 0 saturated heterocycles. The smallest absolute Gasteiger partial charge is 0.550 e. The Kier molecular flexibility index (Phi) is 44.1. The topological polar surface area (TPSA) is 277 Å². The summed E-state index contributed by atoms with van der Waals surface area (Å²) in [7, 11) is 0. The predicted octanol–water partition coefficient (Wildman–Crippen LogP) is -5.52. The second kappa shape index (κ2) is 38.2. The Hall–Kier alpha value is -2.24. The van der Waals surface area contributed by atoms with E-state index >= 15 is 0 Å². The minimum atomic E-state index is -1.26. The first-order valence-corrected chi connectivity index (χ1v) is 15.6. The van der Waals surface area contributed by atoms with Crippen LogP contribution in [0.1, 0.15) is 117 Å². The van der Waals surface area contributed by atoms with E-state index in [1.54, 1.807) is 0 Å². The number of rotatable bonds is 27. The van der Waals surface area contributed by atoms with Gasteiger partial charge < -0.3 is 75.4 Å². The number of hydrogen-bond acceptors (Lipinski definition) is 15. The number of aliphatic carboxylic acids is 6. The van der Waals surface area contributed by atoms with Crippen molar-refractivity contribution in [3.05, 3.63) is 0 Å². The third kappa shape index (κ3) is 41.7. The molecule has 0 aliphatic carbocycles. The number of nitrogens with one attached hydrogen (secondary N) is 3. The minimum absolute atomic E-state index is 0. The summed E-state index contributed by atoms with van der Waals surface area (Å²) in [5.74, 6) is -7.49. The Bertz CT molecular complexity index is 733. The molecular formula is C30H51Al2N3O12. The van der Waals surface area contributed by atoms with Crippen molar-refractivity contribution in [2.45, 2.75) is 135 Å². The Balaban J connectivity index is -0.000000184. The Morgan fingerprint density at radius 1 is 0.426 bits per heavy atom. The summed E-state index contributed by atoms with van der Waals surface area (Å²) in [6.45, 7) is 7.85. The van der Waals surface area contributed by atoms with Gasteiger partial charge in [0.15, 0.2) is 0 Å². The van der Waals surface area contributed by atoms with Crippen LogP contribution in [-0.2, 0) is 28.8 Å². The van der Waals surface area contributed by atoms with Crippen molar-refractivity contribution in [3.63, 3.8) is 0 Å². The molecule has 0 heterocycles. The fourth-order valence-corrected chi connectivity index (χ4v) is 3.65. The summed E-state index contributed by atoms with van der Waals surface area (Å²) in [6, 6.07) is -2.67. The summed E-state index contributed by atoms with van der Waals surface area (Å²) >= 11 is 0. The molecule has 0 bridgehead atoms. The van der Waals surface area contributed by atoms with Crippen molar-refractivity contribution in [2.24, 2.45) is 0 Å². The maximum absolute atomic E-state index is 10.6. The van der Waals surface area contributed by atoms with E-state index in [2.05, 4.69) is 16.0 Å². The molecule has 15 nitrogen and oxygen atoms in total. The molecule has 17 heteroatoms. The van der Waals surface area contributed by atoms with Gasteiger partial charge in [-0.15, -0.1) is 0 Å². The molecule has 0 radical (unpaired) electrons. The third-order valence-electron chi connectivity index (χ3n) is 6.28. The normalized spacial score (nSPS) is 11.8. The van der Waals surface area contributed by atoms with Crippen molar-refractivity contribution in [3.8, 4) is 0 Å². The van der Waals surface area contributed by atoms with Gasteiger partial charge >= 0.3 is 34.7 Å². The van der Waals surface area contributed by atoms with E-state index in [4.69, 9.17) is 0 Å². The molecule has 0 unspecified atom stereocenters. The molecule has 0 aliphatic rings. The number of hydrogen-bond donors (Lipinski definition) is 3. The fourth-order valence-electron chi connectivity index (χ4n) is 3.65. The molecule has 0 rings (SSSR count). The van der Waals surface area contributed by atoms with Crippen LogP contribution in [-0.4, -0.2) is 108 Å². The van der Waals surface area contributed by atoms with E-state index < -0.39 is 53.9 Å². The summed E-state index contributed by atoms with van der Waals surface area (Å²) in [6.07, 6.45) is 8.10. The molecule has 264 valence electrons. The molecule has 3 N–H and O–H groups in total. The van der Waals surface area contributed by atoms with Crippen LogP contribution in [0, 0.1) is 0 Å². The minimum Gasteiger partial charge on any atom is -0.550 e. The molecule has 0 aromatic rings. The van der Waals surface area contributed by atoms with Crippen LogP contribution in [0.2, 0.25) is 0 Å². The summed E-state index contributed by atoms with van der Waals surface area (Å²) < 4.78 is 0.